The summed E-state index contributed by atoms with van der Waals surface area (Å²) in [6, 6.07) is 12.1. The highest BCUT2D eigenvalue weighted by atomic mass is 32.1. The molecule has 6 heteroatoms. The maximum Gasteiger partial charge on any atom is 0.243 e. The molecule has 5 rings (SSSR count). The minimum atomic E-state index is -0.142. The van der Waals surface area contributed by atoms with E-state index in [2.05, 4.69) is 21.3 Å². The number of anilines is 1. The summed E-state index contributed by atoms with van der Waals surface area (Å²) in [6.07, 6.45) is 6.40. The van der Waals surface area contributed by atoms with Crippen LogP contribution in [0.3, 0.4) is 0 Å². The number of pyridine rings is 1. The Morgan fingerprint density at radius 1 is 1.22 bits per heavy atom. The van der Waals surface area contributed by atoms with Crippen LogP contribution >= 0.6 is 11.3 Å². The number of nitrogens with one attached hydrogen (secondary N) is 1. The van der Waals surface area contributed by atoms with Crippen molar-refractivity contribution < 1.29 is 4.79 Å². The number of carbonyl (C=O) groups excluding carboxylic acids is 1. The molecule has 1 N–H and O–H groups in total. The molecule has 0 bridgehead atoms. The van der Waals surface area contributed by atoms with Crippen molar-refractivity contribution in [3.8, 4) is 0 Å². The summed E-state index contributed by atoms with van der Waals surface area (Å²) >= 11 is 1.66. The lowest BCUT2D eigenvalue weighted by molar-refractivity contribution is -0.122. The molecule has 1 aromatic carbocycles. The number of rotatable bonds is 5. The Hall–Kier alpha value is -2.47. The first-order valence-electron chi connectivity index (χ1n) is 9.63. The molecule has 2 fully saturated rings. The number of thiazole rings is 1. The number of nitrogens with zero attached hydrogens (tertiary/aromatic N) is 3. The summed E-state index contributed by atoms with van der Waals surface area (Å²) in [6.45, 7) is 1.44. The van der Waals surface area contributed by atoms with Crippen molar-refractivity contribution in [1.82, 2.24) is 15.3 Å². The molecule has 3 heterocycles. The van der Waals surface area contributed by atoms with E-state index in [1.807, 2.05) is 36.5 Å². The summed E-state index contributed by atoms with van der Waals surface area (Å²) in [5, 5.41) is 4.01. The van der Waals surface area contributed by atoms with Gasteiger partial charge in [0.2, 0.25) is 5.91 Å². The smallest absolute Gasteiger partial charge is 0.243 e. The zero-order valence-corrected chi connectivity index (χ0v) is 15.9. The van der Waals surface area contributed by atoms with Crippen LogP contribution in [0, 0.1) is 0 Å². The van der Waals surface area contributed by atoms with E-state index in [0.29, 0.717) is 12.5 Å². The second-order valence-corrected chi connectivity index (χ2v) is 8.43. The van der Waals surface area contributed by atoms with Gasteiger partial charge in [-0.05, 0) is 48.8 Å². The number of amides is 1. The first-order chi connectivity index (χ1) is 13.3. The van der Waals surface area contributed by atoms with Crippen molar-refractivity contribution in [2.75, 3.05) is 11.4 Å². The summed E-state index contributed by atoms with van der Waals surface area (Å²) in [7, 11) is 0. The monoisotopic (exact) mass is 378 g/mol. The Morgan fingerprint density at radius 2 is 2.07 bits per heavy atom. The van der Waals surface area contributed by atoms with Gasteiger partial charge in [0.25, 0.3) is 0 Å². The van der Waals surface area contributed by atoms with Crippen molar-refractivity contribution >= 4 is 32.7 Å². The molecule has 3 aromatic rings. The fourth-order valence-electron chi connectivity index (χ4n) is 3.76. The third-order valence-corrected chi connectivity index (χ3v) is 6.45. The quantitative estimate of drug-likeness (QED) is 0.733. The summed E-state index contributed by atoms with van der Waals surface area (Å²) in [4.78, 5) is 24.2. The number of carbonyl (C=O) groups is 1. The minimum absolute atomic E-state index is 0.0854. The van der Waals surface area contributed by atoms with Crippen molar-refractivity contribution in [2.45, 2.75) is 44.2 Å². The topological polar surface area (TPSA) is 58.1 Å². The van der Waals surface area contributed by atoms with Gasteiger partial charge in [-0.2, -0.15) is 4.98 Å². The van der Waals surface area contributed by atoms with Gasteiger partial charge in [-0.1, -0.05) is 41.7 Å². The SMILES string of the molecule is O=C(NCc1ccccc1)[C@H]1CCCN1c1nc2ncc(C3CC3)cc2s1. The molecule has 2 aromatic heterocycles. The molecule has 138 valence electrons. The number of hydrogen-bond donors (Lipinski definition) is 1. The van der Waals surface area contributed by atoms with E-state index in [9.17, 15) is 4.79 Å². The van der Waals surface area contributed by atoms with Crippen LogP contribution in [-0.2, 0) is 11.3 Å². The summed E-state index contributed by atoms with van der Waals surface area (Å²) < 4.78 is 1.13. The average Bonchev–Trinajstić information content (AvgIpc) is 3.28. The second-order valence-electron chi connectivity index (χ2n) is 7.42. The Labute approximate surface area is 162 Å². The third kappa shape index (κ3) is 3.41. The van der Waals surface area contributed by atoms with Crippen LogP contribution in [-0.4, -0.2) is 28.5 Å². The highest BCUT2D eigenvalue weighted by molar-refractivity contribution is 7.22. The van der Waals surface area contributed by atoms with Gasteiger partial charge in [-0.15, -0.1) is 0 Å². The van der Waals surface area contributed by atoms with Gasteiger partial charge in [0.1, 0.15) is 6.04 Å². The Bertz CT molecular complexity index is 967. The molecule has 1 saturated heterocycles. The molecule has 1 saturated carbocycles. The van der Waals surface area contributed by atoms with Gasteiger partial charge in [0.05, 0.1) is 4.70 Å². The lowest BCUT2D eigenvalue weighted by atomic mass is 10.2. The largest absolute Gasteiger partial charge is 0.350 e. The molecule has 0 unspecified atom stereocenters. The number of aromatic nitrogens is 2. The van der Waals surface area contributed by atoms with E-state index < -0.39 is 0 Å². The molecular weight excluding hydrogens is 356 g/mol. The highest BCUT2D eigenvalue weighted by Gasteiger charge is 2.33. The van der Waals surface area contributed by atoms with E-state index in [1.54, 1.807) is 11.3 Å². The fraction of sp³-hybridized carbons (Fsp3) is 0.381. The van der Waals surface area contributed by atoms with Gasteiger partial charge >= 0.3 is 0 Å². The van der Waals surface area contributed by atoms with Gasteiger partial charge in [0, 0.05) is 19.3 Å². The normalized spacial score (nSPS) is 19.6. The van der Waals surface area contributed by atoms with Crippen LogP contribution < -0.4 is 10.2 Å². The van der Waals surface area contributed by atoms with E-state index in [0.717, 1.165) is 40.4 Å². The van der Waals surface area contributed by atoms with E-state index in [-0.39, 0.29) is 11.9 Å². The molecule has 1 amide bonds. The van der Waals surface area contributed by atoms with Gasteiger partial charge in [-0.25, -0.2) is 4.98 Å². The molecule has 1 aliphatic heterocycles. The van der Waals surface area contributed by atoms with Gasteiger partial charge in [0.15, 0.2) is 10.8 Å². The van der Waals surface area contributed by atoms with Gasteiger partial charge in [-0.3, -0.25) is 4.79 Å². The van der Waals surface area contributed by atoms with Crippen LogP contribution in [0.5, 0.6) is 0 Å². The molecule has 0 spiro atoms. The van der Waals surface area contributed by atoms with Crippen molar-refractivity contribution in [3.63, 3.8) is 0 Å². The van der Waals surface area contributed by atoms with Crippen LogP contribution in [0.15, 0.2) is 42.6 Å². The number of fused-ring (bicyclic) bond motifs is 1. The predicted octanol–water partition coefficient (Wildman–Crippen LogP) is 3.85. The molecule has 27 heavy (non-hydrogen) atoms. The number of benzene rings is 1. The minimum Gasteiger partial charge on any atom is -0.350 e. The van der Waals surface area contributed by atoms with Gasteiger partial charge < -0.3 is 10.2 Å². The molecule has 1 aliphatic carbocycles. The predicted molar refractivity (Wildman–Crippen MR) is 108 cm³/mol. The standard InChI is InChI=1S/C21H22N4OS/c26-20(23-12-14-5-2-1-3-6-14)17-7-4-10-25(17)21-24-19-18(27-21)11-16(13-22-19)15-8-9-15/h1-3,5-6,11,13,15,17H,4,7-10,12H2,(H,23,26)/t17-/m1/s1. The van der Waals surface area contributed by atoms with Crippen LogP contribution in [0.1, 0.15) is 42.7 Å². The zero-order valence-electron chi connectivity index (χ0n) is 15.1. The van der Waals surface area contributed by atoms with Crippen molar-refractivity contribution in [1.29, 1.82) is 0 Å². The fourth-order valence-corrected chi connectivity index (χ4v) is 4.81. The van der Waals surface area contributed by atoms with E-state index >= 15 is 0 Å². The van der Waals surface area contributed by atoms with Crippen molar-refractivity contribution in [2.24, 2.45) is 0 Å². The Morgan fingerprint density at radius 3 is 2.89 bits per heavy atom. The third-order valence-electron chi connectivity index (χ3n) is 5.42. The molecule has 0 radical (unpaired) electrons. The summed E-state index contributed by atoms with van der Waals surface area (Å²) in [5.74, 6) is 0.776. The van der Waals surface area contributed by atoms with Crippen molar-refractivity contribution in [3.05, 3.63) is 53.7 Å². The molecule has 2 aliphatic rings. The van der Waals surface area contributed by atoms with Crippen LogP contribution in [0.4, 0.5) is 5.13 Å². The molecule has 5 nitrogen and oxygen atoms in total. The van der Waals surface area contributed by atoms with E-state index in [1.165, 1.54) is 18.4 Å². The average molecular weight is 379 g/mol. The second kappa shape index (κ2) is 6.93. The Kier molecular flexibility index (Phi) is 4.28. The molecular formula is C21H22N4OS. The first kappa shape index (κ1) is 16.7. The zero-order chi connectivity index (χ0) is 18.2. The lowest BCUT2D eigenvalue weighted by Gasteiger charge is -2.23. The maximum absolute atomic E-state index is 12.8. The van der Waals surface area contributed by atoms with E-state index in [4.69, 9.17) is 4.98 Å². The summed E-state index contributed by atoms with van der Waals surface area (Å²) in [5.41, 5.74) is 3.25. The number of hydrogen-bond acceptors (Lipinski definition) is 5. The van der Waals surface area contributed by atoms with Crippen LogP contribution in [0.2, 0.25) is 0 Å². The lowest BCUT2D eigenvalue weighted by Crippen LogP contribution is -2.43. The Balaban J connectivity index is 1.32. The molecule has 1 atom stereocenters. The highest BCUT2D eigenvalue weighted by Crippen LogP contribution is 2.41. The van der Waals surface area contributed by atoms with Crippen LogP contribution in [0.25, 0.3) is 10.3 Å². The first-order valence-corrected chi connectivity index (χ1v) is 10.4. The maximum atomic E-state index is 12.8.